The average molecular weight is 218 g/mol. The Balaban J connectivity index is 3.83. The van der Waals surface area contributed by atoms with Crippen molar-refractivity contribution in [1.29, 1.82) is 0 Å². The van der Waals surface area contributed by atoms with Crippen molar-refractivity contribution in [2.24, 2.45) is 10.7 Å². The van der Waals surface area contributed by atoms with E-state index in [0.29, 0.717) is 5.82 Å². The van der Waals surface area contributed by atoms with Crippen molar-refractivity contribution in [2.45, 2.75) is 6.92 Å². The third kappa shape index (κ3) is 5.66. The van der Waals surface area contributed by atoms with Crippen molar-refractivity contribution < 1.29 is 0 Å². The first-order valence-electron chi connectivity index (χ1n) is 3.25. The van der Waals surface area contributed by atoms with Crippen LogP contribution in [0.3, 0.4) is 0 Å². The predicted octanol–water partition coefficient (Wildman–Crippen LogP) is 1.33. The summed E-state index contributed by atoms with van der Waals surface area (Å²) in [5.41, 5.74) is 5.18. The number of rotatable bonds is 4. The second-order valence-corrected chi connectivity index (χ2v) is 2.70. The first-order valence-corrected chi connectivity index (χ1v) is 4.04. The van der Waals surface area contributed by atoms with E-state index in [1.54, 1.807) is 6.21 Å². The summed E-state index contributed by atoms with van der Waals surface area (Å²) in [7, 11) is 0. The monoisotopic (exact) mass is 217 g/mol. The molecule has 3 N–H and O–H groups in total. The topological polar surface area (TPSA) is 50.4 Å². The Kier molecular flexibility index (Phi) is 5.56. The van der Waals surface area contributed by atoms with Gasteiger partial charge in [0.2, 0.25) is 0 Å². The standard InChI is InChI=1S/C7H12BrN3/c1-3-10-6(2)11-5-7(8)4-9/h4-5,10H,2-3,9H2,1H3/b7-4+,11-5?. The molecule has 4 heteroatoms. The summed E-state index contributed by atoms with van der Waals surface area (Å²) in [6.45, 7) is 6.45. The minimum atomic E-state index is 0.631. The Labute approximate surface area is 75.2 Å². The molecule has 0 fully saturated rings. The van der Waals surface area contributed by atoms with Gasteiger partial charge in [-0.25, -0.2) is 4.99 Å². The zero-order chi connectivity index (χ0) is 8.69. The smallest absolute Gasteiger partial charge is 0.118 e. The molecule has 0 heterocycles. The van der Waals surface area contributed by atoms with Crippen LogP contribution in [0.1, 0.15) is 6.92 Å². The van der Waals surface area contributed by atoms with Crippen LogP contribution in [0, 0.1) is 0 Å². The maximum atomic E-state index is 5.18. The lowest BCUT2D eigenvalue weighted by Gasteiger charge is -1.98. The van der Waals surface area contributed by atoms with E-state index in [2.05, 4.69) is 32.8 Å². The van der Waals surface area contributed by atoms with Crippen LogP contribution in [-0.4, -0.2) is 12.8 Å². The van der Waals surface area contributed by atoms with Gasteiger partial charge in [-0.1, -0.05) is 6.58 Å². The van der Waals surface area contributed by atoms with E-state index in [1.807, 2.05) is 6.92 Å². The van der Waals surface area contributed by atoms with Crippen LogP contribution in [0.4, 0.5) is 0 Å². The fraction of sp³-hybridized carbons (Fsp3) is 0.286. The van der Waals surface area contributed by atoms with Gasteiger partial charge < -0.3 is 11.1 Å². The van der Waals surface area contributed by atoms with Crippen molar-refractivity contribution in [3.05, 3.63) is 23.1 Å². The van der Waals surface area contributed by atoms with Crippen molar-refractivity contribution in [3.63, 3.8) is 0 Å². The molecule has 0 saturated heterocycles. The Hall–Kier alpha value is -0.770. The van der Waals surface area contributed by atoms with Crippen LogP contribution in [0.25, 0.3) is 0 Å². The van der Waals surface area contributed by atoms with Gasteiger partial charge in [0.05, 0.1) is 4.48 Å². The lowest BCUT2D eigenvalue weighted by Crippen LogP contribution is -2.09. The lowest BCUT2D eigenvalue weighted by atomic mass is 10.6. The van der Waals surface area contributed by atoms with E-state index in [4.69, 9.17) is 5.73 Å². The van der Waals surface area contributed by atoms with E-state index in [-0.39, 0.29) is 0 Å². The summed E-state index contributed by atoms with van der Waals surface area (Å²) in [5.74, 6) is 0.631. The predicted molar refractivity (Wildman–Crippen MR) is 52.5 cm³/mol. The second-order valence-electron chi connectivity index (χ2n) is 1.79. The summed E-state index contributed by atoms with van der Waals surface area (Å²) >= 11 is 3.17. The molecule has 0 aliphatic rings. The molecule has 0 radical (unpaired) electrons. The molecular weight excluding hydrogens is 206 g/mol. The largest absolute Gasteiger partial charge is 0.404 e. The normalized spacial score (nSPS) is 12.0. The van der Waals surface area contributed by atoms with Gasteiger partial charge >= 0.3 is 0 Å². The molecule has 0 aromatic rings. The van der Waals surface area contributed by atoms with Gasteiger partial charge in [0.15, 0.2) is 0 Å². The first kappa shape index (κ1) is 10.2. The number of halogens is 1. The molecule has 62 valence electrons. The second kappa shape index (κ2) is 5.97. The van der Waals surface area contributed by atoms with Crippen LogP contribution in [0.15, 0.2) is 28.1 Å². The third-order valence-electron chi connectivity index (χ3n) is 0.884. The SMILES string of the molecule is C=C(N=C/C(Br)=C\N)NCC. The minimum Gasteiger partial charge on any atom is -0.404 e. The van der Waals surface area contributed by atoms with Crippen molar-refractivity contribution in [3.8, 4) is 0 Å². The number of aliphatic imine (C=N–C) groups is 1. The number of nitrogens with two attached hydrogens (primary N) is 1. The van der Waals surface area contributed by atoms with E-state index >= 15 is 0 Å². The van der Waals surface area contributed by atoms with E-state index in [9.17, 15) is 0 Å². The van der Waals surface area contributed by atoms with Crippen LogP contribution in [-0.2, 0) is 0 Å². The van der Waals surface area contributed by atoms with E-state index in [1.165, 1.54) is 6.20 Å². The summed E-state index contributed by atoms with van der Waals surface area (Å²) in [4.78, 5) is 3.96. The molecule has 0 rings (SSSR count). The molecular formula is C7H12BrN3. The van der Waals surface area contributed by atoms with Gasteiger partial charge in [-0.05, 0) is 22.9 Å². The molecule has 0 amide bonds. The highest BCUT2D eigenvalue weighted by Gasteiger charge is 1.84. The summed E-state index contributed by atoms with van der Waals surface area (Å²) in [5, 5.41) is 2.94. The molecule has 0 aromatic carbocycles. The van der Waals surface area contributed by atoms with Crippen LogP contribution >= 0.6 is 15.9 Å². The number of nitrogens with one attached hydrogen (secondary N) is 1. The zero-order valence-corrected chi connectivity index (χ0v) is 8.06. The molecule has 3 nitrogen and oxygen atoms in total. The lowest BCUT2D eigenvalue weighted by molar-refractivity contribution is 0.847. The Morgan fingerprint density at radius 2 is 2.45 bits per heavy atom. The number of hydrogen-bond acceptors (Lipinski definition) is 3. The first-order chi connectivity index (χ1) is 5.20. The van der Waals surface area contributed by atoms with Gasteiger partial charge in [0.1, 0.15) is 5.82 Å². The summed E-state index contributed by atoms with van der Waals surface area (Å²) < 4.78 is 0.733. The van der Waals surface area contributed by atoms with Crippen LogP contribution in [0.2, 0.25) is 0 Å². The third-order valence-corrected chi connectivity index (χ3v) is 1.35. The molecule has 0 atom stereocenters. The molecule has 0 saturated carbocycles. The highest BCUT2D eigenvalue weighted by atomic mass is 79.9. The van der Waals surface area contributed by atoms with Gasteiger partial charge in [-0.3, -0.25) is 0 Å². The van der Waals surface area contributed by atoms with Crippen LogP contribution in [0.5, 0.6) is 0 Å². The molecule has 0 bridgehead atoms. The van der Waals surface area contributed by atoms with Gasteiger partial charge in [0.25, 0.3) is 0 Å². The fourth-order valence-corrected chi connectivity index (χ4v) is 0.535. The molecule has 0 aromatic heterocycles. The maximum absolute atomic E-state index is 5.18. The summed E-state index contributed by atoms with van der Waals surface area (Å²) in [6, 6.07) is 0. The maximum Gasteiger partial charge on any atom is 0.118 e. The Bertz CT molecular complexity index is 184. The number of hydrogen-bond donors (Lipinski definition) is 2. The minimum absolute atomic E-state index is 0.631. The van der Waals surface area contributed by atoms with Crippen molar-refractivity contribution in [1.82, 2.24) is 5.32 Å². The highest BCUT2D eigenvalue weighted by Crippen LogP contribution is 1.98. The highest BCUT2D eigenvalue weighted by molar-refractivity contribution is 9.12. The fourth-order valence-electron chi connectivity index (χ4n) is 0.432. The molecule has 0 unspecified atom stereocenters. The van der Waals surface area contributed by atoms with Crippen molar-refractivity contribution >= 4 is 22.1 Å². The molecule has 11 heavy (non-hydrogen) atoms. The van der Waals surface area contributed by atoms with Crippen LogP contribution < -0.4 is 11.1 Å². The van der Waals surface area contributed by atoms with Gasteiger partial charge in [0, 0.05) is 19.0 Å². The Morgan fingerprint density at radius 3 is 2.91 bits per heavy atom. The number of allylic oxidation sites excluding steroid dienone is 1. The zero-order valence-electron chi connectivity index (χ0n) is 6.47. The molecule has 0 aliphatic carbocycles. The van der Waals surface area contributed by atoms with E-state index in [0.717, 1.165) is 11.0 Å². The molecule has 0 spiro atoms. The van der Waals surface area contributed by atoms with Gasteiger partial charge in [-0.15, -0.1) is 0 Å². The van der Waals surface area contributed by atoms with Crippen molar-refractivity contribution in [2.75, 3.05) is 6.54 Å². The number of nitrogens with zero attached hydrogens (tertiary/aromatic N) is 1. The Morgan fingerprint density at radius 1 is 1.82 bits per heavy atom. The quantitative estimate of drug-likeness (QED) is 0.699. The average Bonchev–Trinajstić information content (AvgIpc) is 2.01. The van der Waals surface area contributed by atoms with Gasteiger partial charge in [-0.2, -0.15) is 0 Å². The van der Waals surface area contributed by atoms with E-state index < -0.39 is 0 Å². The summed E-state index contributed by atoms with van der Waals surface area (Å²) in [6.07, 6.45) is 3.01. The molecule has 0 aliphatic heterocycles.